The van der Waals surface area contributed by atoms with E-state index in [0.717, 1.165) is 6.42 Å². The van der Waals surface area contributed by atoms with Gasteiger partial charge in [0.15, 0.2) is 0 Å². The molecule has 1 aromatic rings. The number of hydrogen-bond acceptors (Lipinski definition) is 1. The van der Waals surface area contributed by atoms with E-state index in [1.807, 2.05) is 0 Å². The fraction of sp³-hybridized carbons (Fsp3) is 0.667. The Balaban J connectivity index is 2.71. The van der Waals surface area contributed by atoms with Crippen LogP contribution in [0.3, 0.4) is 0 Å². The zero-order valence-electron chi connectivity index (χ0n) is 13.8. The monoisotopic (exact) mass is 261 g/mol. The van der Waals surface area contributed by atoms with Gasteiger partial charge in [-0.25, -0.2) is 0 Å². The van der Waals surface area contributed by atoms with Crippen LogP contribution in [-0.4, -0.2) is 13.1 Å². The lowest BCUT2D eigenvalue weighted by atomic mass is 9.84. The highest BCUT2D eigenvalue weighted by Crippen LogP contribution is 2.25. The average molecular weight is 261 g/mol. The van der Waals surface area contributed by atoms with Crippen molar-refractivity contribution in [2.75, 3.05) is 7.05 Å². The van der Waals surface area contributed by atoms with Crippen LogP contribution in [0.15, 0.2) is 24.3 Å². The zero-order chi connectivity index (χ0) is 14.7. The first-order valence-electron chi connectivity index (χ1n) is 7.38. The number of benzene rings is 1. The molecule has 0 radical (unpaired) electrons. The van der Waals surface area contributed by atoms with Gasteiger partial charge in [-0.3, -0.25) is 0 Å². The molecule has 0 aliphatic rings. The van der Waals surface area contributed by atoms with Crippen LogP contribution in [0, 0.1) is 5.41 Å². The molecule has 1 nitrogen and oxygen atoms in total. The molecule has 19 heavy (non-hydrogen) atoms. The van der Waals surface area contributed by atoms with Gasteiger partial charge in [-0.2, -0.15) is 0 Å². The van der Waals surface area contributed by atoms with Crippen molar-refractivity contribution in [1.29, 1.82) is 0 Å². The summed E-state index contributed by atoms with van der Waals surface area (Å²) < 4.78 is 0. The standard InChI is InChI=1S/C18H31N/c1-17(2,3)13-16(19-7)12-14-8-10-15(11-9-14)18(4,5)6/h8-11,16,19H,12-13H2,1-7H3. The van der Waals surface area contributed by atoms with Gasteiger partial charge in [0.1, 0.15) is 0 Å². The molecule has 0 amide bonds. The summed E-state index contributed by atoms with van der Waals surface area (Å²) in [6.45, 7) is 13.7. The molecule has 0 spiro atoms. The zero-order valence-corrected chi connectivity index (χ0v) is 13.8. The Morgan fingerprint density at radius 2 is 1.47 bits per heavy atom. The SMILES string of the molecule is CNC(Cc1ccc(C(C)(C)C)cc1)CC(C)(C)C. The molecule has 0 aromatic heterocycles. The molecule has 1 rings (SSSR count). The maximum absolute atomic E-state index is 3.45. The van der Waals surface area contributed by atoms with Crippen molar-refractivity contribution in [3.63, 3.8) is 0 Å². The van der Waals surface area contributed by atoms with Crippen LogP contribution < -0.4 is 5.32 Å². The Hall–Kier alpha value is -0.820. The molecule has 1 unspecified atom stereocenters. The molecule has 108 valence electrons. The number of rotatable bonds is 4. The van der Waals surface area contributed by atoms with Crippen LogP contribution in [0.1, 0.15) is 59.1 Å². The van der Waals surface area contributed by atoms with Crippen molar-refractivity contribution in [3.05, 3.63) is 35.4 Å². The first-order chi connectivity index (χ1) is 8.62. The molecule has 0 saturated heterocycles. The van der Waals surface area contributed by atoms with Crippen molar-refractivity contribution in [2.45, 2.75) is 65.8 Å². The second kappa shape index (κ2) is 6.09. The predicted octanol–water partition coefficient (Wildman–Crippen LogP) is 4.55. The van der Waals surface area contributed by atoms with Gasteiger partial charge in [-0.15, -0.1) is 0 Å². The van der Waals surface area contributed by atoms with Crippen molar-refractivity contribution in [3.8, 4) is 0 Å². The van der Waals surface area contributed by atoms with Crippen LogP contribution in [0.5, 0.6) is 0 Å². The predicted molar refractivity (Wildman–Crippen MR) is 85.8 cm³/mol. The van der Waals surface area contributed by atoms with Crippen LogP contribution in [0.4, 0.5) is 0 Å². The van der Waals surface area contributed by atoms with Gasteiger partial charge in [-0.1, -0.05) is 65.8 Å². The summed E-state index contributed by atoms with van der Waals surface area (Å²) >= 11 is 0. The highest BCUT2D eigenvalue weighted by atomic mass is 14.9. The van der Waals surface area contributed by atoms with E-state index in [0.29, 0.717) is 11.5 Å². The smallest absolute Gasteiger partial charge is 0.0109 e. The van der Waals surface area contributed by atoms with E-state index in [-0.39, 0.29) is 5.41 Å². The van der Waals surface area contributed by atoms with E-state index in [1.165, 1.54) is 17.5 Å². The molecule has 0 bridgehead atoms. The lowest BCUT2D eigenvalue weighted by molar-refractivity contribution is 0.316. The maximum atomic E-state index is 3.45. The van der Waals surface area contributed by atoms with E-state index in [2.05, 4.69) is 78.2 Å². The second-order valence-corrected chi connectivity index (χ2v) is 7.90. The lowest BCUT2D eigenvalue weighted by Gasteiger charge is -2.26. The van der Waals surface area contributed by atoms with Crippen molar-refractivity contribution in [2.24, 2.45) is 5.41 Å². The third kappa shape index (κ3) is 5.78. The van der Waals surface area contributed by atoms with Gasteiger partial charge < -0.3 is 5.32 Å². The van der Waals surface area contributed by atoms with Gasteiger partial charge in [0.05, 0.1) is 0 Å². The van der Waals surface area contributed by atoms with E-state index >= 15 is 0 Å². The first-order valence-corrected chi connectivity index (χ1v) is 7.38. The third-order valence-corrected chi connectivity index (χ3v) is 3.57. The van der Waals surface area contributed by atoms with Crippen molar-refractivity contribution >= 4 is 0 Å². The molecule has 1 N–H and O–H groups in total. The maximum Gasteiger partial charge on any atom is 0.0109 e. The van der Waals surface area contributed by atoms with Gasteiger partial charge in [0.25, 0.3) is 0 Å². The summed E-state index contributed by atoms with van der Waals surface area (Å²) in [6.07, 6.45) is 2.31. The normalized spacial score (nSPS) is 14.5. The van der Waals surface area contributed by atoms with Gasteiger partial charge in [-0.05, 0) is 41.8 Å². The molecule has 1 aromatic carbocycles. The minimum Gasteiger partial charge on any atom is -0.317 e. The van der Waals surface area contributed by atoms with Crippen molar-refractivity contribution < 1.29 is 0 Å². The summed E-state index contributed by atoms with van der Waals surface area (Å²) in [4.78, 5) is 0. The van der Waals surface area contributed by atoms with Gasteiger partial charge in [0, 0.05) is 6.04 Å². The topological polar surface area (TPSA) is 12.0 Å². The minimum absolute atomic E-state index is 0.242. The Morgan fingerprint density at radius 1 is 0.947 bits per heavy atom. The summed E-state index contributed by atoms with van der Waals surface area (Å²) in [5.74, 6) is 0. The Morgan fingerprint density at radius 3 is 1.84 bits per heavy atom. The molecule has 0 saturated carbocycles. The molecule has 0 aliphatic heterocycles. The fourth-order valence-corrected chi connectivity index (χ4v) is 2.44. The minimum atomic E-state index is 0.242. The van der Waals surface area contributed by atoms with Gasteiger partial charge >= 0.3 is 0 Å². The Bertz CT molecular complexity index is 376. The highest BCUT2D eigenvalue weighted by Gasteiger charge is 2.18. The number of hydrogen-bond donors (Lipinski definition) is 1. The average Bonchev–Trinajstić information content (AvgIpc) is 2.26. The van der Waals surface area contributed by atoms with Gasteiger partial charge in [0.2, 0.25) is 0 Å². The van der Waals surface area contributed by atoms with E-state index in [9.17, 15) is 0 Å². The summed E-state index contributed by atoms with van der Waals surface area (Å²) in [5, 5.41) is 3.45. The number of likely N-dealkylation sites (N-methyl/N-ethyl adjacent to an activating group) is 1. The van der Waals surface area contributed by atoms with Crippen LogP contribution in [0.2, 0.25) is 0 Å². The highest BCUT2D eigenvalue weighted by molar-refractivity contribution is 5.28. The molecule has 0 heterocycles. The van der Waals surface area contributed by atoms with E-state index in [4.69, 9.17) is 0 Å². The molecule has 1 atom stereocenters. The van der Waals surface area contributed by atoms with Crippen molar-refractivity contribution in [1.82, 2.24) is 5.32 Å². The second-order valence-electron chi connectivity index (χ2n) is 7.90. The summed E-state index contributed by atoms with van der Waals surface area (Å²) in [7, 11) is 2.07. The summed E-state index contributed by atoms with van der Waals surface area (Å²) in [6, 6.07) is 9.68. The molecular weight excluding hydrogens is 230 g/mol. The third-order valence-electron chi connectivity index (χ3n) is 3.57. The largest absolute Gasteiger partial charge is 0.317 e. The number of nitrogens with one attached hydrogen (secondary N) is 1. The molecule has 0 aliphatic carbocycles. The Labute approximate surface area is 119 Å². The fourth-order valence-electron chi connectivity index (χ4n) is 2.44. The van der Waals surface area contributed by atoms with E-state index in [1.54, 1.807) is 0 Å². The first kappa shape index (κ1) is 16.2. The lowest BCUT2D eigenvalue weighted by Crippen LogP contribution is -2.32. The van der Waals surface area contributed by atoms with E-state index < -0.39 is 0 Å². The summed E-state index contributed by atoms with van der Waals surface area (Å²) in [5.41, 5.74) is 3.45. The quantitative estimate of drug-likeness (QED) is 0.838. The van der Waals surface area contributed by atoms with Crippen LogP contribution in [0.25, 0.3) is 0 Å². The molecule has 0 fully saturated rings. The van der Waals surface area contributed by atoms with Crippen LogP contribution in [-0.2, 0) is 11.8 Å². The molecular formula is C18H31N. The Kier molecular flexibility index (Phi) is 5.20. The molecule has 1 heteroatoms. The van der Waals surface area contributed by atoms with Crippen LogP contribution >= 0.6 is 0 Å².